The van der Waals surface area contributed by atoms with Crippen LogP contribution in [0.25, 0.3) is 0 Å². The van der Waals surface area contributed by atoms with Gasteiger partial charge in [-0.15, -0.1) is 0 Å². The molecule has 1 fully saturated rings. The molecule has 3 heteroatoms. The normalized spacial score (nSPS) is 27.4. The van der Waals surface area contributed by atoms with Crippen molar-refractivity contribution in [2.45, 2.75) is 25.3 Å². The Labute approximate surface area is 91.6 Å². The highest BCUT2D eigenvalue weighted by Crippen LogP contribution is 2.49. The summed E-state index contributed by atoms with van der Waals surface area (Å²) < 4.78 is 13.5. The summed E-state index contributed by atoms with van der Waals surface area (Å²) in [6.07, 6.45) is 1.13. The first-order valence-electron chi connectivity index (χ1n) is 4.80. The van der Waals surface area contributed by atoms with Crippen LogP contribution < -0.4 is 5.73 Å². The maximum absolute atomic E-state index is 13.0. The van der Waals surface area contributed by atoms with Crippen LogP contribution >= 0.6 is 15.9 Å². The Balaban J connectivity index is 2.16. The number of halogens is 2. The van der Waals surface area contributed by atoms with E-state index < -0.39 is 0 Å². The molecule has 1 aromatic carbocycles. The van der Waals surface area contributed by atoms with Crippen molar-refractivity contribution in [2.75, 3.05) is 0 Å². The molecule has 14 heavy (non-hydrogen) atoms. The second kappa shape index (κ2) is 3.63. The second-order valence-electron chi connectivity index (χ2n) is 4.04. The van der Waals surface area contributed by atoms with Gasteiger partial charge in [0.05, 0.1) is 4.47 Å². The van der Waals surface area contributed by atoms with Gasteiger partial charge in [0.15, 0.2) is 0 Å². The van der Waals surface area contributed by atoms with Crippen molar-refractivity contribution in [2.24, 2.45) is 11.7 Å². The zero-order chi connectivity index (χ0) is 10.3. The molecule has 0 saturated heterocycles. The number of hydrogen-bond acceptors (Lipinski definition) is 1. The highest BCUT2D eigenvalue weighted by Gasteiger charge is 2.40. The summed E-state index contributed by atoms with van der Waals surface area (Å²) in [7, 11) is 0. The SMILES string of the molecule is CC(N)C1CC1c1ccc(F)c(Br)c1. The van der Waals surface area contributed by atoms with E-state index in [-0.39, 0.29) is 11.9 Å². The van der Waals surface area contributed by atoms with Gasteiger partial charge in [0, 0.05) is 6.04 Å². The van der Waals surface area contributed by atoms with Gasteiger partial charge in [0.1, 0.15) is 5.82 Å². The minimum absolute atomic E-state index is 0.202. The molecule has 0 aliphatic heterocycles. The Morgan fingerprint density at radius 3 is 2.79 bits per heavy atom. The summed E-state index contributed by atoms with van der Waals surface area (Å²) >= 11 is 3.19. The standard InChI is InChI=1S/C11H13BrFN/c1-6(14)8-5-9(8)7-2-3-11(13)10(12)4-7/h2-4,6,8-9H,5,14H2,1H3. The van der Waals surface area contributed by atoms with E-state index in [0.29, 0.717) is 16.3 Å². The van der Waals surface area contributed by atoms with Crippen molar-refractivity contribution in [1.29, 1.82) is 0 Å². The van der Waals surface area contributed by atoms with Crippen molar-refractivity contribution in [3.05, 3.63) is 34.1 Å². The fourth-order valence-electron chi connectivity index (χ4n) is 1.92. The molecular formula is C11H13BrFN. The number of nitrogens with two attached hydrogens (primary N) is 1. The predicted molar refractivity (Wildman–Crippen MR) is 58.6 cm³/mol. The third kappa shape index (κ3) is 1.84. The average Bonchev–Trinajstić information content (AvgIpc) is 2.89. The quantitative estimate of drug-likeness (QED) is 0.866. The fourth-order valence-corrected chi connectivity index (χ4v) is 2.32. The van der Waals surface area contributed by atoms with E-state index >= 15 is 0 Å². The Hall–Kier alpha value is -0.410. The molecule has 3 unspecified atom stereocenters. The molecule has 0 spiro atoms. The molecule has 1 aliphatic rings. The lowest BCUT2D eigenvalue weighted by Gasteiger charge is -2.04. The topological polar surface area (TPSA) is 26.0 Å². The highest BCUT2D eigenvalue weighted by atomic mass is 79.9. The van der Waals surface area contributed by atoms with Crippen LogP contribution in [0.15, 0.2) is 22.7 Å². The van der Waals surface area contributed by atoms with Gasteiger partial charge >= 0.3 is 0 Å². The van der Waals surface area contributed by atoms with E-state index in [4.69, 9.17) is 5.73 Å². The average molecular weight is 258 g/mol. The molecule has 1 nitrogen and oxygen atoms in total. The summed E-state index contributed by atoms with van der Waals surface area (Å²) in [5.74, 6) is 0.908. The Bertz CT molecular complexity index is 351. The first-order valence-corrected chi connectivity index (χ1v) is 5.59. The number of rotatable bonds is 2. The zero-order valence-corrected chi connectivity index (χ0v) is 9.59. The molecule has 0 bridgehead atoms. The molecule has 0 amide bonds. The molecule has 1 aliphatic carbocycles. The van der Waals surface area contributed by atoms with E-state index in [1.807, 2.05) is 19.1 Å². The molecule has 0 aromatic heterocycles. The van der Waals surface area contributed by atoms with Gasteiger partial charge in [-0.05, 0) is 58.8 Å². The molecule has 1 aromatic rings. The van der Waals surface area contributed by atoms with E-state index in [1.54, 1.807) is 0 Å². The van der Waals surface area contributed by atoms with E-state index in [0.717, 1.165) is 6.42 Å². The van der Waals surface area contributed by atoms with E-state index in [1.165, 1.54) is 11.6 Å². The number of benzene rings is 1. The van der Waals surface area contributed by atoms with Gasteiger partial charge in [-0.2, -0.15) is 0 Å². The smallest absolute Gasteiger partial charge is 0.137 e. The molecule has 0 radical (unpaired) electrons. The van der Waals surface area contributed by atoms with Gasteiger partial charge in [-0.3, -0.25) is 0 Å². The molecule has 2 N–H and O–H groups in total. The zero-order valence-electron chi connectivity index (χ0n) is 8.00. The molecule has 0 heterocycles. The van der Waals surface area contributed by atoms with Crippen LogP contribution in [0.4, 0.5) is 4.39 Å². The van der Waals surface area contributed by atoms with Crippen LogP contribution in [0.3, 0.4) is 0 Å². The van der Waals surface area contributed by atoms with Gasteiger partial charge < -0.3 is 5.73 Å². The molecule has 2 rings (SSSR count). The third-order valence-electron chi connectivity index (χ3n) is 2.89. The van der Waals surface area contributed by atoms with Crippen LogP contribution in [-0.2, 0) is 0 Å². The highest BCUT2D eigenvalue weighted by molar-refractivity contribution is 9.10. The third-order valence-corrected chi connectivity index (χ3v) is 3.49. The van der Waals surface area contributed by atoms with Crippen molar-refractivity contribution in [1.82, 2.24) is 0 Å². The molecular weight excluding hydrogens is 245 g/mol. The Morgan fingerprint density at radius 1 is 1.57 bits per heavy atom. The molecule has 3 atom stereocenters. The van der Waals surface area contributed by atoms with Crippen molar-refractivity contribution < 1.29 is 4.39 Å². The summed E-state index contributed by atoms with van der Waals surface area (Å²) in [5, 5.41) is 0. The lowest BCUT2D eigenvalue weighted by atomic mass is 10.1. The lowest BCUT2D eigenvalue weighted by molar-refractivity contribution is 0.616. The summed E-state index contributed by atoms with van der Waals surface area (Å²) in [6, 6.07) is 5.47. The van der Waals surface area contributed by atoms with Gasteiger partial charge in [-0.1, -0.05) is 6.07 Å². The van der Waals surface area contributed by atoms with E-state index in [9.17, 15) is 4.39 Å². The maximum Gasteiger partial charge on any atom is 0.137 e. The van der Waals surface area contributed by atoms with Gasteiger partial charge in [0.2, 0.25) is 0 Å². The lowest BCUT2D eigenvalue weighted by Crippen LogP contribution is -2.17. The van der Waals surface area contributed by atoms with Crippen LogP contribution in [0, 0.1) is 11.7 Å². The summed E-state index contributed by atoms with van der Waals surface area (Å²) in [6.45, 7) is 2.03. The van der Waals surface area contributed by atoms with Crippen LogP contribution in [0.2, 0.25) is 0 Å². The van der Waals surface area contributed by atoms with Gasteiger partial charge in [-0.25, -0.2) is 4.39 Å². The summed E-state index contributed by atoms with van der Waals surface area (Å²) in [5.41, 5.74) is 7.00. The molecule has 1 saturated carbocycles. The van der Waals surface area contributed by atoms with Crippen LogP contribution in [0.5, 0.6) is 0 Å². The fraction of sp³-hybridized carbons (Fsp3) is 0.455. The maximum atomic E-state index is 13.0. The van der Waals surface area contributed by atoms with Crippen LogP contribution in [0.1, 0.15) is 24.8 Å². The predicted octanol–water partition coefficient (Wildman–Crippen LogP) is 3.04. The first kappa shape index (κ1) is 10.1. The van der Waals surface area contributed by atoms with Crippen molar-refractivity contribution in [3.63, 3.8) is 0 Å². The van der Waals surface area contributed by atoms with Crippen molar-refractivity contribution in [3.8, 4) is 0 Å². The van der Waals surface area contributed by atoms with E-state index in [2.05, 4.69) is 15.9 Å². The first-order chi connectivity index (χ1) is 6.59. The van der Waals surface area contributed by atoms with Crippen LogP contribution in [-0.4, -0.2) is 6.04 Å². The minimum atomic E-state index is -0.202. The Kier molecular flexibility index (Phi) is 2.62. The molecule has 76 valence electrons. The minimum Gasteiger partial charge on any atom is -0.328 e. The number of hydrogen-bond donors (Lipinski definition) is 1. The van der Waals surface area contributed by atoms with Gasteiger partial charge in [0.25, 0.3) is 0 Å². The second-order valence-corrected chi connectivity index (χ2v) is 4.89. The largest absolute Gasteiger partial charge is 0.328 e. The van der Waals surface area contributed by atoms with Crippen molar-refractivity contribution >= 4 is 15.9 Å². The Morgan fingerprint density at radius 2 is 2.29 bits per heavy atom. The summed E-state index contributed by atoms with van der Waals surface area (Å²) in [4.78, 5) is 0. The monoisotopic (exact) mass is 257 g/mol.